The van der Waals surface area contributed by atoms with Gasteiger partial charge in [0.25, 0.3) is 5.91 Å². The minimum atomic E-state index is -0.708. The van der Waals surface area contributed by atoms with Crippen molar-refractivity contribution >= 4 is 28.6 Å². The zero-order valence-electron chi connectivity index (χ0n) is 11.7. The molecule has 1 aromatic carbocycles. The Hall–Kier alpha value is -1.95. The standard InChI is InChI=1S/C17H15NO2S2/c19-15(10-18-17(20)14-7-9-21-11-14)12-3-5-13(6-4-12)16-2-1-8-22-16/h1-9,11,15,19H,10H2,(H,18,20). The van der Waals surface area contributed by atoms with Crippen molar-refractivity contribution in [2.45, 2.75) is 6.10 Å². The Labute approximate surface area is 136 Å². The third-order valence-corrected chi connectivity index (χ3v) is 4.94. The van der Waals surface area contributed by atoms with Crippen LogP contribution in [0, 0.1) is 0 Å². The molecule has 0 radical (unpaired) electrons. The first-order valence-electron chi connectivity index (χ1n) is 6.86. The molecule has 2 N–H and O–H groups in total. The molecule has 2 heterocycles. The average molecular weight is 329 g/mol. The van der Waals surface area contributed by atoms with Crippen molar-refractivity contribution in [2.75, 3.05) is 6.54 Å². The lowest BCUT2D eigenvalue weighted by atomic mass is 10.1. The summed E-state index contributed by atoms with van der Waals surface area (Å²) in [6.07, 6.45) is -0.708. The quantitative estimate of drug-likeness (QED) is 0.745. The van der Waals surface area contributed by atoms with Crippen molar-refractivity contribution in [3.63, 3.8) is 0 Å². The summed E-state index contributed by atoms with van der Waals surface area (Å²) >= 11 is 3.16. The van der Waals surface area contributed by atoms with Crippen molar-refractivity contribution in [2.24, 2.45) is 0 Å². The molecule has 3 rings (SSSR count). The molecular weight excluding hydrogens is 314 g/mol. The lowest BCUT2D eigenvalue weighted by Gasteiger charge is -2.12. The first-order chi connectivity index (χ1) is 10.7. The van der Waals surface area contributed by atoms with Gasteiger partial charge in [-0.1, -0.05) is 30.3 Å². The predicted molar refractivity (Wildman–Crippen MR) is 91.4 cm³/mol. The van der Waals surface area contributed by atoms with E-state index >= 15 is 0 Å². The van der Waals surface area contributed by atoms with Gasteiger partial charge in [-0.2, -0.15) is 11.3 Å². The first kappa shape index (κ1) is 15.0. The van der Waals surface area contributed by atoms with Crippen LogP contribution in [0.1, 0.15) is 22.0 Å². The molecule has 22 heavy (non-hydrogen) atoms. The molecule has 2 aromatic heterocycles. The normalized spacial score (nSPS) is 12.0. The summed E-state index contributed by atoms with van der Waals surface area (Å²) in [5.41, 5.74) is 2.56. The predicted octanol–water partition coefficient (Wildman–Crippen LogP) is 3.94. The highest BCUT2D eigenvalue weighted by Crippen LogP contribution is 2.25. The van der Waals surface area contributed by atoms with Crippen LogP contribution in [0.5, 0.6) is 0 Å². The van der Waals surface area contributed by atoms with Gasteiger partial charge in [-0.05, 0) is 34.0 Å². The zero-order chi connectivity index (χ0) is 15.4. The Bertz CT molecular complexity index is 719. The van der Waals surface area contributed by atoms with Gasteiger partial charge in [0, 0.05) is 22.4 Å². The maximum Gasteiger partial charge on any atom is 0.252 e. The Morgan fingerprint density at radius 3 is 2.59 bits per heavy atom. The average Bonchev–Trinajstić information content (AvgIpc) is 3.25. The highest BCUT2D eigenvalue weighted by Gasteiger charge is 2.11. The maximum absolute atomic E-state index is 11.8. The number of hydrogen-bond donors (Lipinski definition) is 2. The van der Waals surface area contributed by atoms with Crippen LogP contribution >= 0.6 is 22.7 Å². The monoisotopic (exact) mass is 329 g/mol. The maximum atomic E-state index is 11.8. The minimum Gasteiger partial charge on any atom is -0.387 e. The van der Waals surface area contributed by atoms with E-state index < -0.39 is 6.10 Å². The fourth-order valence-corrected chi connectivity index (χ4v) is 3.48. The van der Waals surface area contributed by atoms with Crippen LogP contribution in [0.2, 0.25) is 0 Å². The lowest BCUT2D eigenvalue weighted by molar-refractivity contribution is 0.0917. The molecule has 0 aliphatic heterocycles. The number of benzene rings is 1. The molecule has 0 bridgehead atoms. The molecule has 1 amide bonds. The molecule has 0 aliphatic rings. The Morgan fingerprint density at radius 2 is 1.95 bits per heavy atom. The molecule has 112 valence electrons. The molecule has 0 aliphatic carbocycles. The third kappa shape index (κ3) is 3.44. The fraction of sp³-hybridized carbons (Fsp3) is 0.118. The van der Waals surface area contributed by atoms with Crippen LogP contribution in [-0.4, -0.2) is 17.6 Å². The summed E-state index contributed by atoms with van der Waals surface area (Å²) in [4.78, 5) is 13.0. The van der Waals surface area contributed by atoms with E-state index in [0.29, 0.717) is 5.56 Å². The van der Waals surface area contributed by atoms with E-state index in [1.165, 1.54) is 16.2 Å². The van der Waals surface area contributed by atoms with E-state index in [4.69, 9.17) is 0 Å². The Kier molecular flexibility index (Phi) is 4.68. The van der Waals surface area contributed by atoms with Crippen LogP contribution in [0.25, 0.3) is 10.4 Å². The van der Waals surface area contributed by atoms with Gasteiger partial charge >= 0.3 is 0 Å². The van der Waals surface area contributed by atoms with Crippen molar-refractivity contribution in [3.8, 4) is 10.4 Å². The second kappa shape index (κ2) is 6.87. The fourth-order valence-electron chi connectivity index (χ4n) is 2.12. The molecule has 0 spiro atoms. The van der Waals surface area contributed by atoms with E-state index in [1.54, 1.807) is 22.8 Å². The summed E-state index contributed by atoms with van der Waals surface area (Å²) in [5, 5.41) is 18.6. The summed E-state index contributed by atoms with van der Waals surface area (Å²) in [7, 11) is 0. The van der Waals surface area contributed by atoms with Gasteiger partial charge in [-0.15, -0.1) is 11.3 Å². The number of rotatable bonds is 5. The molecule has 0 fully saturated rings. The van der Waals surface area contributed by atoms with Crippen LogP contribution < -0.4 is 5.32 Å². The molecule has 3 aromatic rings. The highest BCUT2D eigenvalue weighted by molar-refractivity contribution is 7.13. The SMILES string of the molecule is O=C(NCC(O)c1ccc(-c2cccs2)cc1)c1ccsc1. The van der Waals surface area contributed by atoms with Crippen LogP contribution in [-0.2, 0) is 0 Å². The van der Waals surface area contributed by atoms with Crippen LogP contribution in [0.15, 0.2) is 58.6 Å². The van der Waals surface area contributed by atoms with Crippen molar-refractivity contribution in [3.05, 3.63) is 69.7 Å². The van der Waals surface area contributed by atoms with Crippen molar-refractivity contribution in [1.82, 2.24) is 5.32 Å². The largest absolute Gasteiger partial charge is 0.387 e. The molecule has 0 saturated carbocycles. The number of carbonyl (C=O) groups is 1. The molecule has 1 atom stereocenters. The smallest absolute Gasteiger partial charge is 0.252 e. The highest BCUT2D eigenvalue weighted by atomic mass is 32.1. The van der Waals surface area contributed by atoms with Crippen LogP contribution in [0.4, 0.5) is 0 Å². The molecule has 1 unspecified atom stereocenters. The topological polar surface area (TPSA) is 49.3 Å². The number of thiophene rings is 2. The summed E-state index contributed by atoms with van der Waals surface area (Å²) in [6, 6.07) is 13.6. The van der Waals surface area contributed by atoms with Gasteiger partial charge in [0.2, 0.25) is 0 Å². The van der Waals surface area contributed by atoms with Gasteiger partial charge in [0.15, 0.2) is 0 Å². The molecule has 0 saturated heterocycles. The zero-order valence-corrected chi connectivity index (χ0v) is 13.4. The summed E-state index contributed by atoms with van der Waals surface area (Å²) in [5.74, 6) is -0.157. The van der Waals surface area contributed by atoms with Gasteiger partial charge in [0.05, 0.1) is 6.10 Å². The number of carbonyl (C=O) groups excluding carboxylic acids is 1. The minimum absolute atomic E-state index is 0.157. The number of nitrogens with one attached hydrogen (secondary N) is 1. The summed E-state index contributed by atoms with van der Waals surface area (Å²) in [6.45, 7) is 0.201. The van der Waals surface area contributed by atoms with Crippen molar-refractivity contribution in [1.29, 1.82) is 0 Å². The molecule has 3 nitrogen and oxygen atoms in total. The number of amides is 1. The molecule has 5 heteroatoms. The number of aliphatic hydroxyl groups excluding tert-OH is 1. The third-order valence-electron chi connectivity index (χ3n) is 3.34. The number of aliphatic hydroxyl groups is 1. The van der Waals surface area contributed by atoms with E-state index in [1.807, 2.05) is 41.1 Å². The molecular formula is C17H15NO2S2. The summed E-state index contributed by atoms with van der Waals surface area (Å²) < 4.78 is 0. The van der Waals surface area contributed by atoms with Gasteiger partial charge < -0.3 is 10.4 Å². The van der Waals surface area contributed by atoms with E-state index in [0.717, 1.165) is 11.1 Å². The van der Waals surface area contributed by atoms with Gasteiger partial charge in [0.1, 0.15) is 0 Å². The van der Waals surface area contributed by atoms with E-state index in [9.17, 15) is 9.90 Å². The Morgan fingerprint density at radius 1 is 1.14 bits per heavy atom. The Balaban J connectivity index is 1.60. The second-order valence-corrected chi connectivity index (χ2v) is 6.56. The second-order valence-electron chi connectivity index (χ2n) is 4.84. The van der Waals surface area contributed by atoms with Crippen molar-refractivity contribution < 1.29 is 9.90 Å². The number of hydrogen-bond acceptors (Lipinski definition) is 4. The first-order valence-corrected chi connectivity index (χ1v) is 8.68. The van der Waals surface area contributed by atoms with Gasteiger partial charge in [-0.3, -0.25) is 4.79 Å². The van der Waals surface area contributed by atoms with Gasteiger partial charge in [-0.25, -0.2) is 0 Å². The van der Waals surface area contributed by atoms with Crippen LogP contribution in [0.3, 0.4) is 0 Å². The van der Waals surface area contributed by atoms with E-state index in [2.05, 4.69) is 11.4 Å². The lowest BCUT2D eigenvalue weighted by Crippen LogP contribution is -2.27. The van der Waals surface area contributed by atoms with E-state index in [-0.39, 0.29) is 12.5 Å².